The molecule has 0 spiro atoms. The Morgan fingerprint density at radius 1 is 1.27 bits per heavy atom. The summed E-state index contributed by atoms with van der Waals surface area (Å²) in [5, 5.41) is 12.1. The Hall–Kier alpha value is -1.65. The average Bonchev–Trinajstić information content (AvgIpc) is 2.96. The summed E-state index contributed by atoms with van der Waals surface area (Å²) < 4.78 is 5.21. The van der Waals surface area contributed by atoms with Crippen LogP contribution in [0.3, 0.4) is 0 Å². The van der Waals surface area contributed by atoms with E-state index in [1.165, 1.54) is 0 Å². The Kier molecular flexibility index (Phi) is 5.75. The first-order valence-electron chi connectivity index (χ1n) is 7.81. The monoisotopic (exact) mass is 308 g/mol. The topological polar surface area (TPSA) is 85.7 Å². The number of carbonyl (C=O) groups excluding carboxylic acids is 2. The Bertz CT molecular complexity index is 448. The predicted molar refractivity (Wildman–Crippen MR) is 79.9 cm³/mol. The molecule has 1 heterocycles. The van der Waals surface area contributed by atoms with Crippen molar-refractivity contribution in [3.05, 3.63) is 0 Å². The highest BCUT2D eigenvalue weighted by Gasteiger charge is 2.35. The number of hydrogen-bond acceptors (Lipinski definition) is 5. The first-order valence-corrected chi connectivity index (χ1v) is 7.81. The number of rotatable bonds is 5. The molecule has 1 aliphatic carbocycles. The van der Waals surface area contributed by atoms with Crippen LogP contribution >= 0.6 is 0 Å². The molecular weight excluding hydrogens is 284 g/mol. The first kappa shape index (κ1) is 16.7. The number of amides is 2. The number of hydrogen-bond donors (Lipinski definition) is 1. The van der Waals surface area contributed by atoms with E-state index in [0.717, 1.165) is 12.8 Å². The van der Waals surface area contributed by atoms with Crippen molar-refractivity contribution < 1.29 is 14.3 Å². The number of morpholine rings is 1. The van der Waals surface area contributed by atoms with Crippen LogP contribution in [0, 0.1) is 11.3 Å². The Labute approximate surface area is 131 Å². The number of nitrogens with zero attached hydrogens (tertiary/aromatic N) is 3. The molecule has 7 heteroatoms. The molecule has 0 bridgehead atoms. The number of nitriles is 1. The summed E-state index contributed by atoms with van der Waals surface area (Å²) in [5.74, 6) is -0.185. The van der Waals surface area contributed by atoms with Gasteiger partial charge in [0.25, 0.3) is 0 Å². The number of nitrogens with one attached hydrogen (secondary N) is 1. The standard InChI is InChI=1S/C15H24N4O3/c1-18(11-14(21)19-6-8-22-9-7-19)10-13(20)17-15(12-16)4-2-3-5-15/h2-11H2,1H3,(H,17,20). The number of carbonyl (C=O) groups is 2. The molecule has 2 fully saturated rings. The summed E-state index contributed by atoms with van der Waals surface area (Å²) in [7, 11) is 1.74. The third-order valence-corrected chi connectivity index (χ3v) is 4.23. The number of ether oxygens (including phenoxy) is 1. The second-order valence-electron chi connectivity index (χ2n) is 6.11. The van der Waals surface area contributed by atoms with Crippen LogP contribution in [-0.2, 0) is 14.3 Å². The molecule has 0 aromatic carbocycles. The summed E-state index contributed by atoms with van der Waals surface area (Å²) in [6, 6.07) is 2.23. The van der Waals surface area contributed by atoms with Gasteiger partial charge in [0.15, 0.2) is 0 Å². The summed E-state index contributed by atoms with van der Waals surface area (Å²) in [5.41, 5.74) is -0.702. The molecule has 0 aromatic heterocycles. The maximum Gasteiger partial charge on any atom is 0.236 e. The van der Waals surface area contributed by atoms with E-state index in [0.29, 0.717) is 39.1 Å². The van der Waals surface area contributed by atoms with E-state index >= 15 is 0 Å². The summed E-state index contributed by atoms with van der Waals surface area (Å²) in [6.07, 6.45) is 3.37. The van der Waals surface area contributed by atoms with E-state index in [1.54, 1.807) is 16.8 Å². The van der Waals surface area contributed by atoms with Crippen molar-refractivity contribution in [2.45, 2.75) is 31.2 Å². The highest BCUT2D eigenvalue weighted by molar-refractivity contribution is 5.82. The number of likely N-dealkylation sites (N-methyl/N-ethyl adjacent to an activating group) is 1. The van der Waals surface area contributed by atoms with Crippen molar-refractivity contribution in [2.75, 3.05) is 46.4 Å². The van der Waals surface area contributed by atoms with Gasteiger partial charge in [-0.1, -0.05) is 0 Å². The van der Waals surface area contributed by atoms with Crippen LogP contribution in [0.4, 0.5) is 0 Å². The van der Waals surface area contributed by atoms with Crippen LogP contribution in [0.5, 0.6) is 0 Å². The molecule has 0 aromatic rings. The molecule has 1 saturated carbocycles. The van der Waals surface area contributed by atoms with Crippen LogP contribution in [0.1, 0.15) is 25.7 Å². The maximum atomic E-state index is 12.1. The molecule has 2 amide bonds. The van der Waals surface area contributed by atoms with Crippen molar-refractivity contribution in [3.8, 4) is 6.07 Å². The smallest absolute Gasteiger partial charge is 0.236 e. The van der Waals surface area contributed by atoms with Crippen molar-refractivity contribution in [2.24, 2.45) is 0 Å². The Morgan fingerprint density at radius 3 is 2.50 bits per heavy atom. The Balaban J connectivity index is 1.76. The fraction of sp³-hybridized carbons (Fsp3) is 0.800. The SMILES string of the molecule is CN(CC(=O)NC1(C#N)CCCC1)CC(=O)N1CCOCC1. The van der Waals surface area contributed by atoms with E-state index in [9.17, 15) is 14.9 Å². The van der Waals surface area contributed by atoms with Crippen LogP contribution in [0.2, 0.25) is 0 Å². The van der Waals surface area contributed by atoms with E-state index in [2.05, 4.69) is 11.4 Å². The van der Waals surface area contributed by atoms with Crippen LogP contribution in [0.15, 0.2) is 0 Å². The molecule has 1 N–H and O–H groups in total. The largest absolute Gasteiger partial charge is 0.378 e. The van der Waals surface area contributed by atoms with Crippen molar-refractivity contribution in [3.63, 3.8) is 0 Å². The van der Waals surface area contributed by atoms with Gasteiger partial charge in [0.2, 0.25) is 11.8 Å². The normalized spacial score (nSPS) is 20.7. The van der Waals surface area contributed by atoms with Crippen molar-refractivity contribution >= 4 is 11.8 Å². The zero-order valence-electron chi connectivity index (χ0n) is 13.1. The quantitative estimate of drug-likeness (QED) is 0.755. The lowest BCUT2D eigenvalue weighted by Gasteiger charge is -2.29. The fourth-order valence-electron chi connectivity index (χ4n) is 2.99. The molecule has 2 rings (SSSR count). The van der Waals surface area contributed by atoms with Crippen LogP contribution < -0.4 is 5.32 Å². The minimum Gasteiger partial charge on any atom is -0.378 e. The van der Waals surface area contributed by atoms with Gasteiger partial charge in [-0.05, 0) is 32.7 Å². The summed E-state index contributed by atoms with van der Waals surface area (Å²) in [6.45, 7) is 2.68. The fourth-order valence-corrected chi connectivity index (χ4v) is 2.99. The third-order valence-electron chi connectivity index (χ3n) is 4.23. The van der Waals surface area contributed by atoms with Gasteiger partial charge in [0.05, 0.1) is 32.4 Å². The highest BCUT2D eigenvalue weighted by Crippen LogP contribution is 2.28. The molecular formula is C15H24N4O3. The zero-order chi connectivity index (χ0) is 16.0. The lowest BCUT2D eigenvalue weighted by molar-refractivity contribution is -0.136. The van der Waals surface area contributed by atoms with Gasteiger partial charge in [0, 0.05) is 13.1 Å². The summed E-state index contributed by atoms with van der Waals surface area (Å²) >= 11 is 0. The molecule has 0 radical (unpaired) electrons. The second-order valence-corrected chi connectivity index (χ2v) is 6.11. The van der Waals surface area contributed by atoms with Gasteiger partial charge in [-0.2, -0.15) is 5.26 Å². The second kappa shape index (κ2) is 7.56. The minimum atomic E-state index is -0.702. The minimum absolute atomic E-state index is 0.00876. The van der Waals surface area contributed by atoms with Crippen LogP contribution in [0.25, 0.3) is 0 Å². The van der Waals surface area contributed by atoms with Crippen molar-refractivity contribution in [1.29, 1.82) is 5.26 Å². The molecule has 0 unspecified atom stereocenters. The van der Waals surface area contributed by atoms with Gasteiger partial charge >= 0.3 is 0 Å². The van der Waals surface area contributed by atoms with E-state index in [-0.39, 0.29) is 24.9 Å². The molecule has 1 saturated heterocycles. The first-order chi connectivity index (χ1) is 10.5. The van der Waals surface area contributed by atoms with E-state index in [1.807, 2.05) is 0 Å². The highest BCUT2D eigenvalue weighted by atomic mass is 16.5. The Morgan fingerprint density at radius 2 is 1.91 bits per heavy atom. The maximum absolute atomic E-state index is 12.1. The molecule has 122 valence electrons. The van der Waals surface area contributed by atoms with Gasteiger partial charge in [-0.3, -0.25) is 14.5 Å². The van der Waals surface area contributed by atoms with E-state index < -0.39 is 5.54 Å². The zero-order valence-corrected chi connectivity index (χ0v) is 13.1. The third kappa shape index (κ3) is 4.42. The van der Waals surface area contributed by atoms with Gasteiger partial charge in [-0.25, -0.2) is 0 Å². The average molecular weight is 308 g/mol. The summed E-state index contributed by atoms with van der Waals surface area (Å²) in [4.78, 5) is 27.6. The molecule has 22 heavy (non-hydrogen) atoms. The molecule has 7 nitrogen and oxygen atoms in total. The molecule has 0 atom stereocenters. The van der Waals surface area contributed by atoms with E-state index in [4.69, 9.17) is 4.74 Å². The van der Waals surface area contributed by atoms with Gasteiger partial charge in [0.1, 0.15) is 5.54 Å². The predicted octanol–water partition coefficient (Wildman–Crippen LogP) is -0.270. The van der Waals surface area contributed by atoms with Crippen molar-refractivity contribution in [1.82, 2.24) is 15.1 Å². The van der Waals surface area contributed by atoms with Crippen LogP contribution in [-0.4, -0.2) is 73.6 Å². The lowest BCUT2D eigenvalue weighted by atomic mass is 10.00. The molecule has 2 aliphatic rings. The van der Waals surface area contributed by atoms with Gasteiger partial charge in [-0.15, -0.1) is 0 Å². The lowest BCUT2D eigenvalue weighted by Crippen LogP contribution is -2.50. The van der Waals surface area contributed by atoms with Gasteiger partial charge < -0.3 is 15.0 Å². The molecule has 1 aliphatic heterocycles.